The van der Waals surface area contributed by atoms with Gasteiger partial charge in [-0.1, -0.05) is 33.1 Å². The van der Waals surface area contributed by atoms with Crippen LogP contribution in [0.25, 0.3) is 0 Å². The highest BCUT2D eigenvalue weighted by molar-refractivity contribution is 7.89. The highest BCUT2D eigenvalue weighted by atomic mass is 32.2. The van der Waals surface area contributed by atoms with Crippen molar-refractivity contribution in [3.8, 4) is 0 Å². The largest absolute Gasteiger partial charge is 0.447 e. The third-order valence-corrected chi connectivity index (χ3v) is 5.07. The van der Waals surface area contributed by atoms with E-state index in [0.29, 0.717) is 18.2 Å². The molecule has 1 aliphatic rings. The van der Waals surface area contributed by atoms with Gasteiger partial charge in [-0.15, -0.1) is 0 Å². The van der Waals surface area contributed by atoms with Gasteiger partial charge in [-0.2, -0.15) is 0 Å². The van der Waals surface area contributed by atoms with Crippen molar-refractivity contribution in [3.05, 3.63) is 17.9 Å². The number of rotatable bonds is 7. The van der Waals surface area contributed by atoms with Crippen LogP contribution in [0.2, 0.25) is 0 Å². The molecule has 5 nitrogen and oxygen atoms in total. The van der Waals surface area contributed by atoms with Crippen molar-refractivity contribution in [1.29, 1.82) is 0 Å². The zero-order chi connectivity index (χ0) is 15.3. The average Bonchev–Trinajstić information content (AvgIpc) is 2.88. The first kappa shape index (κ1) is 16.5. The normalized spacial score (nSPS) is 17.5. The van der Waals surface area contributed by atoms with Gasteiger partial charge in [-0.05, 0) is 37.4 Å². The van der Waals surface area contributed by atoms with Crippen LogP contribution >= 0.6 is 0 Å². The van der Waals surface area contributed by atoms with E-state index < -0.39 is 10.0 Å². The summed E-state index contributed by atoms with van der Waals surface area (Å²) in [7, 11) is -3.52. The summed E-state index contributed by atoms with van der Waals surface area (Å²) in [5.74, 6) is 1.20. The van der Waals surface area contributed by atoms with Crippen molar-refractivity contribution >= 4 is 10.0 Å². The lowest BCUT2D eigenvalue weighted by Crippen LogP contribution is -2.35. The SMILES string of the molecule is CC(C)CNCc1ccc(S(=O)(=O)NC2CCCCC2)o1. The Balaban J connectivity index is 1.92. The van der Waals surface area contributed by atoms with Crippen LogP contribution in [0.5, 0.6) is 0 Å². The zero-order valence-electron chi connectivity index (χ0n) is 12.9. The van der Waals surface area contributed by atoms with Gasteiger partial charge in [0.1, 0.15) is 5.76 Å². The standard InChI is InChI=1S/C15H26N2O3S/c1-12(2)10-16-11-14-8-9-15(20-14)21(18,19)17-13-6-4-3-5-7-13/h8-9,12-13,16-17H,3-7,10-11H2,1-2H3. The van der Waals surface area contributed by atoms with Crippen LogP contribution < -0.4 is 10.0 Å². The molecular weight excluding hydrogens is 288 g/mol. The van der Waals surface area contributed by atoms with Gasteiger partial charge in [0.05, 0.1) is 6.54 Å². The summed E-state index contributed by atoms with van der Waals surface area (Å²) in [5.41, 5.74) is 0. The van der Waals surface area contributed by atoms with E-state index in [9.17, 15) is 8.42 Å². The Morgan fingerprint density at radius 3 is 2.62 bits per heavy atom. The van der Waals surface area contributed by atoms with Crippen molar-refractivity contribution in [2.45, 2.75) is 63.6 Å². The van der Waals surface area contributed by atoms with Crippen molar-refractivity contribution in [3.63, 3.8) is 0 Å². The maximum Gasteiger partial charge on any atom is 0.274 e. The molecule has 21 heavy (non-hydrogen) atoms. The minimum Gasteiger partial charge on any atom is -0.447 e. The molecule has 0 radical (unpaired) electrons. The Labute approximate surface area is 127 Å². The van der Waals surface area contributed by atoms with Gasteiger partial charge < -0.3 is 9.73 Å². The molecular formula is C15H26N2O3S. The maximum absolute atomic E-state index is 12.3. The first-order valence-electron chi connectivity index (χ1n) is 7.79. The Bertz CT molecular complexity index is 531. The molecule has 1 heterocycles. The fraction of sp³-hybridized carbons (Fsp3) is 0.733. The molecule has 0 amide bonds. The molecule has 1 aliphatic carbocycles. The van der Waals surface area contributed by atoms with Crippen molar-refractivity contribution in [1.82, 2.24) is 10.0 Å². The van der Waals surface area contributed by atoms with Crippen molar-refractivity contribution in [2.75, 3.05) is 6.54 Å². The lowest BCUT2D eigenvalue weighted by molar-refractivity contribution is 0.380. The van der Waals surface area contributed by atoms with E-state index in [1.807, 2.05) is 0 Å². The summed E-state index contributed by atoms with van der Waals surface area (Å²) in [5, 5.41) is 3.26. The van der Waals surface area contributed by atoms with E-state index >= 15 is 0 Å². The zero-order valence-corrected chi connectivity index (χ0v) is 13.7. The van der Waals surface area contributed by atoms with E-state index in [2.05, 4.69) is 23.9 Å². The summed E-state index contributed by atoms with van der Waals surface area (Å²) >= 11 is 0. The molecule has 0 spiro atoms. The van der Waals surface area contributed by atoms with E-state index in [4.69, 9.17) is 4.42 Å². The van der Waals surface area contributed by atoms with Gasteiger partial charge in [-0.25, -0.2) is 13.1 Å². The second-order valence-corrected chi connectivity index (χ2v) is 7.85. The number of hydrogen-bond acceptors (Lipinski definition) is 4. The lowest BCUT2D eigenvalue weighted by atomic mass is 9.96. The van der Waals surface area contributed by atoms with E-state index in [1.54, 1.807) is 6.07 Å². The molecule has 0 saturated heterocycles. The molecule has 1 aromatic rings. The molecule has 2 N–H and O–H groups in total. The highest BCUT2D eigenvalue weighted by Gasteiger charge is 2.24. The third-order valence-electron chi connectivity index (χ3n) is 3.68. The van der Waals surface area contributed by atoms with Gasteiger partial charge in [0.2, 0.25) is 5.09 Å². The number of hydrogen-bond donors (Lipinski definition) is 2. The van der Waals surface area contributed by atoms with Gasteiger partial charge in [0.25, 0.3) is 10.0 Å². The smallest absolute Gasteiger partial charge is 0.274 e. The molecule has 120 valence electrons. The molecule has 2 rings (SSSR count). The second kappa shape index (κ2) is 7.42. The van der Waals surface area contributed by atoms with Gasteiger partial charge >= 0.3 is 0 Å². The predicted octanol–water partition coefficient (Wildman–Crippen LogP) is 2.64. The van der Waals surface area contributed by atoms with E-state index in [0.717, 1.165) is 32.2 Å². The van der Waals surface area contributed by atoms with Crippen LogP contribution in [0.4, 0.5) is 0 Å². The summed E-state index contributed by atoms with van der Waals surface area (Å²) in [4.78, 5) is 0. The molecule has 0 bridgehead atoms. The van der Waals surface area contributed by atoms with E-state index in [1.165, 1.54) is 12.5 Å². The third kappa shape index (κ3) is 5.13. The first-order chi connectivity index (χ1) is 9.97. The molecule has 0 aromatic carbocycles. The predicted molar refractivity (Wildman–Crippen MR) is 82.4 cm³/mol. The van der Waals surface area contributed by atoms with Gasteiger partial charge in [0, 0.05) is 6.04 Å². The molecule has 0 unspecified atom stereocenters. The maximum atomic E-state index is 12.3. The first-order valence-corrected chi connectivity index (χ1v) is 9.27. The minimum atomic E-state index is -3.52. The molecule has 0 aliphatic heterocycles. The molecule has 1 fully saturated rings. The molecule has 1 aromatic heterocycles. The van der Waals surface area contributed by atoms with Gasteiger partial charge in [-0.3, -0.25) is 0 Å². The van der Waals surface area contributed by atoms with Crippen molar-refractivity contribution < 1.29 is 12.8 Å². The van der Waals surface area contributed by atoms with Crippen LogP contribution in [0.15, 0.2) is 21.6 Å². The second-order valence-electron chi connectivity index (χ2n) is 6.20. The molecule has 1 saturated carbocycles. The molecule has 6 heteroatoms. The quantitative estimate of drug-likeness (QED) is 0.811. The Morgan fingerprint density at radius 1 is 1.24 bits per heavy atom. The van der Waals surface area contributed by atoms with Crippen molar-refractivity contribution in [2.24, 2.45) is 5.92 Å². The fourth-order valence-electron chi connectivity index (χ4n) is 2.58. The minimum absolute atomic E-state index is 0.0226. The van der Waals surface area contributed by atoms with Crippen LogP contribution in [-0.2, 0) is 16.6 Å². The van der Waals surface area contributed by atoms with Crippen LogP contribution in [0, 0.1) is 5.92 Å². The van der Waals surface area contributed by atoms with Crippen LogP contribution in [0.3, 0.4) is 0 Å². The lowest BCUT2D eigenvalue weighted by Gasteiger charge is -2.21. The average molecular weight is 314 g/mol. The summed E-state index contributed by atoms with van der Waals surface area (Å²) in [6, 6.07) is 3.32. The van der Waals surface area contributed by atoms with Crippen LogP contribution in [-0.4, -0.2) is 21.0 Å². The van der Waals surface area contributed by atoms with E-state index in [-0.39, 0.29) is 11.1 Å². The summed E-state index contributed by atoms with van der Waals surface area (Å²) in [6.07, 6.45) is 5.22. The fourth-order valence-corrected chi connectivity index (χ4v) is 3.83. The van der Waals surface area contributed by atoms with Crippen LogP contribution in [0.1, 0.15) is 51.7 Å². The number of nitrogens with one attached hydrogen (secondary N) is 2. The Kier molecular flexibility index (Phi) is 5.84. The summed E-state index contributed by atoms with van der Waals surface area (Å²) in [6.45, 7) is 5.68. The summed E-state index contributed by atoms with van der Waals surface area (Å²) < 4.78 is 32.8. The topological polar surface area (TPSA) is 71.3 Å². The monoisotopic (exact) mass is 314 g/mol. The van der Waals surface area contributed by atoms with Gasteiger partial charge in [0.15, 0.2) is 0 Å². The Hall–Kier alpha value is -0.850. The Morgan fingerprint density at radius 2 is 1.95 bits per heavy atom. The number of sulfonamides is 1. The number of furan rings is 1. The highest BCUT2D eigenvalue weighted by Crippen LogP contribution is 2.21. The molecule has 0 atom stereocenters.